The van der Waals surface area contributed by atoms with E-state index in [1.165, 1.54) is 11.3 Å². The first-order valence-corrected chi connectivity index (χ1v) is 11.9. The Labute approximate surface area is 194 Å². The molecule has 1 aliphatic rings. The highest BCUT2D eigenvalue weighted by Gasteiger charge is 2.25. The molecule has 1 saturated heterocycles. The number of fused-ring (bicyclic) bond motifs is 2. The quantitative estimate of drug-likeness (QED) is 0.389. The molecular weight excluding hydrogens is 446 g/mol. The van der Waals surface area contributed by atoms with Crippen LogP contribution in [0.25, 0.3) is 21.3 Å². The second-order valence-electron chi connectivity index (χ2n) is 8.26. The summed E-state index contributed by atoms with van der Waals surface area (Å²) in [5.74, 6) is 1.16. The number of anilines is 2. The van der Waals surface area contributed by atoms with Gasteiger partial charge in [0, 0.05) is 37.1 Å². The first-order valence-electron chi connectivity index (χ1n) is 10.7. The van der Waals surface area contributed by atoms with Gasteiger partial charge in [-0.1, -0.05) is 22.9 Å². The van der Waals surface area contributed by atoms with Crippen molar-refractivity contribution >= 4 is 61.1 Å². The Morgan fingerprint density at radius 1 is 1.25 bits per heavy atom. The maximum absolute atomic E-state index is 12.9. The second-order valence-corrected chi connectivity index (χ2v) is 9.73. The first kappa shape index (κ1) is 21.3. The predicted octanol–water partition coefficient (Wildman–Crippen LogP) is 4.47. The topological polar surface area (TPSA) is 83.3 Å². The Kier molecular flexibility index (Phi) is 5.86. The van der Waals surface area contributed by atoms with Crippen molar-refractivity contribution in [1.29, 1.82) is 0 Å². The molecule has 2 aromatic carbocycles. The number of thiazole rings is 1. The number of Topliss-reactive ketones (excluding diaryl/α,β-unsaturated/α-hetero) is 1. The smallest absolute Gasteiger partial charge is 0.209 e. The van der Waals surface area contributed by atoms with Crippen molar-refractivity contribution in [3.05, 3.63) is 47.0 Å². The number of halogens is 1. The highest BCUT2D eigenvalue weighted by atomic mass is 35.5. The zero-order chi connectivity index (χ0) is 22.2. The fraction of sp³-hybridized carbons (Fsp3) is 0.348. The number of aryl methyl sites for hydroxylation is 1. The van der Waals surface area contributed by atoms with Crippen LogP contribution in [0.3, 0.4) is 0 Å². The largest absolute Gasteiger partial charge is 0.395 e. The summed E-state index contributed by atoms with van der Waals surface area (Å²) in [7, 11) is 1.94. The van der Waals surface area contributed by atoms with E-state index >= 15 is 0 Å². The molecule has 5 rings (SSSR count). The third-order valence-corrected chi connectivity index (χ3v) is 7.20. The summed E-state index contributed by atoms with van der Waals surface area (Å²) in [4.78, 5) is 24.4. The van der Waals surface area contributed by atoms with E-state index in [0.29, 0.717) is 35.4 Å². The van der Waals surface area contributed by atoms with Gasteiger partial charge in [0.05, 0.1) is 27.9 Å². The number of aliphatic hydroxyl groups is 1. The van der Waals surface area contributed by atoms with Crippen molar-refractivity contribution in [2.24, 2.45) is 13.0 Å². The molecule has 0 aliphatic carbocycles. The summed E-state index contributed by atoms with van der Waals surface area (Å²) in [5.41, 5.74) is 3.30. The Morgan fingerprint density at radius 3 is 2.97 bits per heavy atom. The first-order chi connectivity index (χ1) is 15.5. The highest BCUT2D eigenvalue weighted by molar-refractivity contribution is 7.22. The Hall–Kier alpha value is -2.52. The molecule has 2 aromatic heterocycles. The number of likely N-dealkylation sites (tertiary alicyclic amines) is 1. The van der Waals surface area contributed by atoms with Gasteiger partial charge in [0.1, 0.15) is 0 Å². The normalized spacial score (nSPS) is 16.9. The van der Waals surface area contributed by atoms with Crippen LogP contribution in [-0.2, 0) is 7.05 Å². The summed E-state index contributed by atoms with van der Waals surface area (Å²) in [6.07, 6.45) is 1.53. The minimum atomic E-state index is 0.144. The number of carbonyl (C=O) groups is 1. The van der Waals surface area contributed by atoms with E-state index in [9.17, 15) is 4.79 Å². The molecule has 32 heavy (non-hydrogen) atoms. The molecule has 0 amide bonds. The van der Waals surface area contributed by atoms with Crippen LogP contribution in [0.1, 0.15) is 23.2 Å². The van der Waals surface area contributed by atoms with Crippen molar-refractivity contribution in [1.82, 2.24) is 19.4 Å². The Bertz CT molecular complexity index is 1300. The fourth-order valence-corrected chi connectivity index (χ4v) is 5.47. The summed E-state index contributed by atoms with van der Waals surface area (Å²) < 4.78 is 2.97. The van der Waals surface area contributed by atoms with Crippen LogP contribution in [0, 0.1) is 5.92 Å². The zero-order valence-electron chi connectivity index (χ0n) is 17.7. The number of benzene rings is 2. The average Bonchev–Trinajstić information content (AvgIpc) is 3.46. The molecular formula is C23H24ClN5O2S. The maximum atomic E-state index is 12.9. The number of aliphatic hydroxyl groups excluding tert-OH is 1. The molecule has 0 saturated carbocycles. The fourth-order valence-electron chi connectivity index (χ4n) is 4.34. The van der Waals surface area contributed by atoms with E-state index < -0.39 is 0 Å². The monoisotopic (exact) mass is 469 g/mol. The molecule has 3 heterocycles. The number of β-amino-alcohol motifs (C(OH)–C–C–N with tert-alkyl or cyclic N) is 1. The van der Waals surface area contributed by atoms with Crippen LogP contribution in [-0.4, -0.2) is 56.6 Å². The lowest BCUT2D eigenvalue weighted by molar-refractivity contribution is 0.0961. The van der Waals surface area contributed by atoms with E-state index in [1.807, 2.05) is 48.0 Å². The molecule has 1 fully saturated rings. The number of nitrogens with zero attached hydrogens (tertiary/aromatic N) is 4. The summed E-state index contributed by atoms with van der Waals surface area (Å²) in [5, 5.41) is 13.8. The van der Waals surface area contributed by atoms with Crippen LogP contribution < -0.4 is 5.32 Å². The molecule has 1 aliphatic heterocycles. The number of aromatic nitrogens is 3. The molecule has 0 unspecified atom stereocenters. The van der Waals surface area contributed by atoms with Gasteiger partial charge in [0.2, 0.25) is 5.95 Å². The lowest BCUT2D eigenvalue weighted by Crippen LogP contribution is -2.24. The van der Waals surface area contributed by atoms with E-state index in [2.05, 4.69) is 15.2 Å². The van der Waals surface area contributed by atoms with Crippen LogP contribution in [0.5, 0.6) is 0 Å². The molecule has 2 N–H and O–H groups in total. The molecule has 1 atom stereocenters. The van der Waals surface area contributed by atoms with Crippen molar-refractivity contribution in [2.75, 3.05) is 31.6 Å². The van der Waals surface area contributed by atoms with Gasteiger partial charge in [-0.15, -0.1) is 0 Å². The number of hydrogen-bond acceptors (Lipinski definition) is 7. The summed E-state index contributed by atoms with van der Waals surface area (Å²) >= 11 is 7.60. The third kappa shape index (κ3) is 4.23. The number of nitrogens with one attached hydrogen (secondary N) is 1. The SMILES string of the molecule is Cn1c(Nc2nc3ccc(Cl)cc3s2)nc2cc(C(=O)C[C@H]3CCN(CCO)C3)ccc21. The number of imidazole rings is 1. The van der Waals surface area contributed by atoms with Crippen LogP contribution in [0.15, 0.2) is 36.4 Å². The third-order valence-electron chi connectivity index (χ3n) is 6.03. The lowest BCUT2D eigenvalue weighted by atomic mass is 9.97. The van der Waals surface area contributed by atoms with Crippen LogP contribution >= 0.6 is 22.9 Å². The average molecular weight is 470 g/mol. The van der Waals surface area contributed by atoms with Gasteiger partial charge in [0.15, 0.2) is 10.9 Å². The van der Waals surface area contributed by atoms with Crippen LogP contribution in [0.2, 0.25) is 5.02 Å². The Balaban J connectivity index is 1.34. The number of rotatable bonds is 7. The standard InChI is InChI=1S/C23H24ClN5O2S/c1-28-19-5-2-15(20(31)10-14-6-7-29(13-14)8-9-30)11-18(19)25-22(28)27-23-26-17-4-3-16(24)12-21(17)32-23/h2-5,11-12,14,30H,6-10,13H2,1H3,(H,25,26,27)/t14-/m1/s1. The van der Waals surface area contributed by atoms with E-state index in [4.69, 9.17) is 21.7 Å². The molecule has 166 valence electrons. The van der Waals surface area contributed by atoms with Gasteiger partial charge in [-0.2, -0.15) is 0 Å². The number of ketones is 1. The maximum Gasteiger partial charge on any atom is 0.209 e. The van der Waals surface area contributed by atoms with Gasteiger partial charge in [-0.25, -0.2) is 9.97 Å². The zero-order valence-corrected chi connectivity index (χ0v) is 19.3. The minimum Gasteiger partial charge on any atom is -0.395 e. The molecule has 0 bridgehead atoms. The van der Waals surface area contributed by atoms with Crippen molar-refractivity contribution in [2.45, 2.75) is 12.8 Å². The minimum absolute atomic E-state index is 0.144. The highest BCUT2D eigenvalue weighted by Crippen LogP contribution is 2.31. The number of hydrogen-bond donors (Lipinski definition) is 2. The predicted molar refractivity (Wildman–Crippen MR) is 129 cm³/mol. The van der Waals surface area contributed by atoms with Crippen LogP contribution in [0.4, 0.5) is 11.1 Å². The number of carbonyl (C=O) groups excluding carboxylic acids is 1. The van der Waals surface area contributed by atoms with E-state index in [0.717, 1.165) is 45.9 Å². The molecule has 0 spiro atoms. The van der Waals surface area contributed by atoms with E-state index in [1.54, 1.807) is 0 Å². The van der Waals surface area contributed by atoms with E-state index in [-0.39, 0.29) is 12.4 Å². The molecule has 4 aromatic rings. The second kappa shape index (κ2) is 8.78. The van der Waals surface area contributed by atoms with Gasteiger partial charge in [0.25, 0.3) is 0 Å². The summed E-state index contributed by atoms with van der Waals surface area (Å²) in [6, 6.07) is 11.3. The van der Waals surface area contributed by atoms with Gasteiger partial charge in [-0.3, -0.25) is 4.79 Å². The van der Waals surface area contributed by atoms with Gasteiger partial charge in [-0.05, 0) is 55.3 Å². The molecule has 9 heteroatoms. The van der Waals surface area contributed by atoms with Crippen molar-refractivity contribution < 1.29 is 9.90 Å². The van der Waals surface area contributed by atoms with Gasteiger partial charge >= 0.3 is 0 Å². The Morgan fingerprint density at radius 2 is 2.12 bits per heavy atom. The van der Waals surface area contributed by atoms with Crippen molar-refractivity contribution in [3.8, 4) is 0 Å². The molecule has 0 radical (unpaired) electrons. The van der Waals surface area contributed by atoms with Crippen molar-refractivity contribution in [3.63, 3.8) is 0 Å². The van der Waals surface area contributed by atoms with Gasteiger partial charge < -0.3 is 19.9 Å². The lowest BCUT2D eigenvalue weighted by Gasteiger charge is -2.13. The molecule has 7 nitrogen and oxygen atoms in total. The summed E-state index contributed by atoms with van der Waals surface area (Å²) in [6.45, 7) is 2.67.